The molecule has 0 saturated carbocycles. The second-order valence-corrected chi connectivity index (χ2v) is 0.495. The molecular weight excluding hydrogens is 248 g/mol. The van der Waals surface area contributed by atoms with Crippen molar-refractivity contribution in [3.8, 4) is 0 Å². The Bertz CT molecular complexity index is 27.2. The number of rotatable bonds is 0. The summed E-state index contributed by atoms with van der Waals surface area (Å²) in [7, 11) is -6.00. The third-order valence-electron chi connectivity index (χ3n) is 0. The van der Waals surface area contributed by atoms with Gasteiger partial charge in [0.15, 0.2) is 0 Å². The van der Waals surface area contributed by atoms with Gasteiger partial charge in [-0.25, -0.2) is 0 Å². The van der Waals surface area contributed by atoms with Gasteiger partial charge in [0.1, 0.15) is 0 Å². The van der Waals surface area contributed by atoms with Crippen molar-refractivity contribution in [2.45, 2.75) is 0 Å². The van der Waals surface area contributed by atoms with Crippen molar-refractivity contribution in [3.05, 3.63) is 0 Å². The van der Waals surface area contributed by atoms with Crippen LogP contribution in [0.5, 0.6) is 0 Å². The van der Waals surface area contributed by atoms with Crippen LogP contribution in [0, 0.1) is 0 Å². The number of halogens is 4. The summed E-state index contributed by atoms with van der Waals surface area (Å²) in [6.07, 6.45) is 0. The molecule has 0 unspecified atom stereocenters. The van der Waals surface area contributed by atoms with Crippen molar-refractivity contribution < 1.29 is 17.3 Å². The van der Waals surface area contributed by atoms with E-state index in [1.807, 2.05) is 0 Å². The molecule has 0 rings (SSSR count). The van der Waals surface area contributed by atoms with Crippen LogP contribution in [0.2, 0.25) is 0 Å². The van der Waals surface area contributed by atoms with Gasteiger partial charge in [-0.05, 0) is 0 Å². The van der Waals surface area contributed by atoms with Gasteiger partial charge in [-0.2, -0.15) is 0 Å². The Balaban J connectivity index is -0.0000000800. The molecule has 0 aliphatic rings. The van der Waals surface area contributed by atoms with Gasteiger partial charge in [0.05, 0.1) is 0 Å². The average molecular weight is 252 g/mol. The molecule has 0 aliphatic carbocycles. The normalized spacial score (nSPS) is 8.57. The molecule has 0 N–H and O–H groups in total. The molecule has 0 aromatic heterocycles. The van der Waals surface area contributed by atoms with Gasteiger partial charge < -0.3 is 17.3 Å². The zero-order valence-electron chi connectivity index (χ0n) is 2.09. The standard InChI is InChI=1S/BF4.Ba.Mg.4H/c2-1(3,4)5;;;;;;/q-1;;;;;;. The summed E-state index contributed by atoms with van der Waals surface area (Å²) in [5, 5.41) is 0. The van der Waals surface area contributed by atoms with Gasteiger partial charge >= 0.3 is 79.2 Å². The van der Waals surface area contributed by atoms with Crippen molar-refractivity contribution in [2.75, 3.05) is 0 Å². The second-order valence-electron chi connectivity index (χ2n) is 0.495. The monoisotopic (exact) mass is 253 g/mol. The van der Waals surface area contributed by atoms with Crippen LogP contribution in [-0.4, -0.2) is 79.2 Å². The van der Waals surface area contributed by atoms with E-state index < -0.39 is 7.25 Å². The Morgan fingerprint density at radius 1 is 0.857 bits per heavy atom. The van der Waals surface area contributed by atoms with E-state index in [0.717, 1.165) is 0 Å². The number of hydrogen-bond acceptors (Lipinski definition) is 0. The minimum Gasteiger partial charge on any atom is 0.316 e. The summed E-state index contributed by atoms with van der Waals surface area (Å²) < 4.78 is 39.0. The zero-order chi connectivity index (χ0) is 4.50. The third-order valence-corrected chi connectivity index (χ3v) is 0. The first-order valence-corrected chi connectivity index (χ1v) is 0.873. The van der Waals surface area contributed by atoms with Crippen molar-refractivity contribution in [2.24, 2.45) is 0 Å². The molecule has 0 spiro atoms. The smallest absolute Gasteiger partial charge is 0.316 e. The molecule has 0 bridgehead atoms. The fourth-order valence-electron chi connectivity index (χ4n) is 0. The second kappa shape index (κ2) is 6.25. The minimum atomic E-state index is -6.00. The Morgan fingerprint density at radius 2 is 0.857 bits per heavy atom. The molecule has 0 aliphatic heterocycles. The number of hydrogen-bond donors (Lipinski definition) is 0. The summed E-state index contributed by atoms with van der Waals surface area (Å²) in [5.74, 6) is 0. The van der Waals surface area contributed by atoms with Crippen LogP contribution in [-0.2, 0) is 0 Å². The topological polar surface area (TPSA) is 0 Å². The molecule has 0 nitrogen and oxygen atoms in total. The molecule has 0 heterocycles. The van der Waals surface area contributed by atoms with Crippen LogP contribution in [0.15, 0.2) is 0 Å². The maximum atomic E-state index is 9.75. The van der Waals surface area contributed by atoms with Gasteiger partial charge in [0.25, 0.3) is 0 Å². The van der Waals surface area contributed by atoms with Gasteiger partial charge in [-0.15, -0.1) is 0 Å². The van der Waals surface area contributed by atoms with Crippen LogP contribution in [0.3, 0.4) is 0 Å². The maximum Gasteiger partial charge on any atom is 0.316 e. The molecule has 0 atom stereocenters. The van der Waals surface area contributed by atoms with E-state index in [-0.39, 0.29) is 71.9 Å². The van der Waals surface area contributed by atoms with E-state index in [9.17, 15) is 17.3 Å². The molecule has 0 aromatic rings. The predicted octanol–water partition coefficient (Wildman–Crippen LogP) is -0.532. The van der Waals surface area contributed by atoms with Crippen molar-refractivity contribution in [1.82, 2.24) is 0 Å². The molecule has 7 heteroatoms. The quantitative estimate of drug-likeness (QED) is 0.402. The summed E-state index contributed by atoms with van der Waals surface area (Å²) in [5.41, 5.74) is 0. The Morgan fingerprint density at radius 3 is 0.857 bits per heavy atom. The van der Waals surface area contributed by atoms with Gasteiger partial charge in [0.2, 0.25) is 0 Å². The average Bonchev–Trinajstić information content (AvgIpc) is 0.722. The fraction of sp³-hybridized carbons (Fsp3) is 0. The summed E-state index contributed by atoms with van der Waals surface area (Å²) >= 11 is 0. The predicted molar refractivity (Wildman–Crippen MR) is 27.3 cm³/mol. The molecule has 7 heavy (non-hydrogen) atoms. The summed E-state index contributed by atoms with van der Waals surface area (Å²) in [6.45, 7) is 0. The van der Waals surface area contributed by atoms with Crippen molar-refractivity contribution in [3.63, 3.8) is 0 Å². The van der Waals surface area contributed by atoms with Crippen molar-refractivity contribution in [1.29, 1.82) is 0 Å². The van der Waals surface area contributed by atoms with E-state index in [1.165, 1.54) is 0 Å². The zero-order valence-corrected chi connectivity index (χ0v) is 2.09. The van der Waals surface area contributed by atoms with Crippen LogP contribution < -0.4 is 0 Å². The molecule has 40 valence electrons. The summed E-state index contributed by atoms with van der Waals surface area (Å²) in [6, 6.07) is 0. The molecule has 0 saturated heterocycles. The third kappa shape index (κ3) is 67.6. The van der Waals surface area contributed by atoms with Gasteiger partial charge in [-0.1, -0.05) is 0 Å². The molecule has 0 aromatic carbocycles. The first-order chi connectivity index (χ1) is 2.00. The first-order valence-electron chi connectivity index (χ1n) is 0.873. The van der Waals surface area contributed by atoms with Crippen molar-refractivity contribution >= 4 is 79.2 Å². The van der Waals surface area contributed by atoms with E-state index in [4.69, 9.17) is 0 Å². The minimum absolute atomic E-state index is 0. The molecule has 0 amide bonds. The molecular formula is H4BBaF4Mg-. The van der Waals surface area contributed by atoms with Crippen LogP contribution in [0.1, 0.15) is 0 Å². The largest absolute Gasteiger partial charge is 0.316 e. The molecule has 0 radical (unpaired) electrons. The van der Waals surface area contributed by atoms with Crippen LogP contribution in [0.25, 0.3) is 0 Å². The Kier molecular flexibility index (Phi) is 14.3. The maximum absolute atomic E-state index is 9.75. The summed E-state index contributed by atoms with van der Waals surface area (Å²) in [4.78, 5) is 0. The van der Waals surface area contributed by atoms with Crippen LogP contribution in [0.4, 0.5) is 17.3 Å². The van der Waals surface area contributed by atoms with Crippen LogP contribution >= 0.6 is 0 Å². The van der Waals surface area contributed by atoms with E-state index >= 15 is 0 Å². The van der Waals surface area contributed by atoms with Gasteiger partial charge in [0, 0.05) is 0 Å². The van der Waals surface area contributed by atoms with Gasteiger partial charge in [-0.3, -0.25) is 0 Å². The Labute approximate surface area is 94.7 Å². The first kappa shape index (κ1) is 16.1. The fourth-order valence-corrected chi connectivity index (χ4v) is 0. The van der Waals surface area contributed by atoms with E-state index in [0.29, 0.717) is 0 Å². The Hall–Kier alpha value is 2.12. The van der Waals surface area contributed by atoms with E-state index in [2.05, 4.69) is 0 Å². The molecule has 0 fully saturated rings. The van der Waals surface area contributed by atoms with E-state index in [1.54, 1.807) is 0 Å². The SMILES string of the molecule is F[B-](F)(F)F.[BaH2].[MgH2].